The molecule has 0 fully saturated rings. The van der Waals surface area contributed by atoms with Crippen molar-refractivity contribution in [3.8, 4) is 11.1 Å². The summed E-state index contributed by atoms with van der Waals surface area (Å²) in [7, 11) is 1.66. The third-order valence-corrected chi connectivity index (χ3v) is 6.17. The van der Waals surface area contributed by atoms with Crippen LogP contribution >= 0.6 is 11.3 Å². The lowest BCUT2D eigenvalue weighted by molar-refractivity contribution is 0.0954. The molecule has 1 N–H and O–H groups in total. The van der Waals surface area contributed by atoms with Gasteiger partial charge >= 0.3 is 0 Å². The van der Waals surface area contributed by atoms with Crippen LogP contribution in [0.5, 0.6) is 0 Å². The van der Waals surface area contributed by atoms with Crippen molar-refractivity contribution in [3.63, 3.8) is 0 Å². The Bertz CT molecular complexity index is 1270. The number of nitrogens with one attached hydrogen (secondary N) is 1. The maximum Gasteiger partial charge on any atom is 0.262 e. The van der Waals surface area contributed by atoms with E-state index in [1.165, 1.54) is 33.4 Å². The van der Waals surface area contributed by atoms with Crippen molar-refractivity contribution >= 4 is 27.5 Å². The van der Waals surface area contributed by atoms with E-state index in [1.54, 1.807) is 14.0 Å². The van der Waals surface area contributed by atoms with E-state index in [0.717, 1.165) is 11.1 Å². The third kappa shape index (κ3) is 3.71. The fourth-order valence-corrected chi connectivity index (χ4v) is 4.38. The molecule has 4 rings (SSSR count). The largest absolute Gasteiger partial charge is 0.347 e. The molecule has 1 amide bonds. The van der Waals surface area contributed by atoms with Crippen molar-refractivity contribution in [2.75, 3.05) is 0 Å². The molecule has 2 aromatic carbocycles. The van der Waals surface area contributed by atoms with Gasteiger partial charge in [0.2, 0.25) is 0 Å². The van der Waals surface area contributed by atoms with Crippen molar-refractivity contribution < 1.29 is 4.79 Å². The minimum absolute atomic E-state index is 0.130. The van der Waals surface area contributed by atoms with E-state index in [9.17, 15) is 9.59 Å². The van der Waals surface area contributed by atoms with Gasteiger partial charge in [0.25, 0.3) is 11.5 Å². The lowest BCUT2D eigenvalue weighted by atomic mass is 10.0. The van der Waals surface area contributed by atoms with Crippen LogP contribution in [0.25, 0.3) is 21.3 Å². The molecule has 0 saturated carbocycles. The first-order chi connectivity index (χ1) is 13.9. The molecule has 0 saturated heterocycles. The summed E-state index contributed by atoms with van der Waals surface area (Å²) < 4.78 is 1.43. The second-order valence-electron chi connectivity index (χ2n) is 7.15. The molecule has 0 bridgehead atoms. The number of hydrogen-bond acceptors (Lipinski definition) is 4. The summed E-state index contributed by atoms with van der Waals surface area (Å²) in [5, 5.41) is 3.48. The zero-order chi connectivity index (χ0) is 20.5. The number of hydrogen-bond donors (Lipinski definition) is 1. The fraction of sp³-hybridized carbons (Fsp3) is 0.174. The van der Waals surface area contributed by atoms with Crippen molar-refractivity contribution in [1.82, 2.24) is 14.9 Å². The van der Waals surface area contributed by atoms with Gasteiger partial charge in [0.05, 0.1) is 16.6 Å². The topological polar surface area (TPSA) is 64.0 Å². The number of carbonyl (C=O) groups is 1. The highest BCUT2D eigenvalue weighted by molar-refractivity contribution is 7.20. The Hall–Kier alpha value is -3.25. The summed E-state index contributed by atoms with van der Waals surface area (Å²) in [4.78, 5) is 30.4. The minimum Gasteiger partial charge on any atom is -0.347 e. The average Bonchev–Trinajstić information content (AvgIpc) is 3.06. The molecular formula is C23H21N3O2S. The monoisotopic (exact) mass is 403 g/mol. The number of nitrogens with zero attached hydrogens (tertiary/aromatic N) is 2. The first-order valence-electron chi connectivity index (χ1n) is 9.33. The van der Waals surface area contributed by atoms with Crippen LogP contribution in [0.4, 0.5) is 0 Å². The molecule has 4 aromatic rings. The lowest BCUT2D eigenvalue weighted by Gasteiger charge is -2.07. The highest BCUT2D eigenvalue weighted by atomic mass is 32.1. The molecule has 2 heterocycles. The Morgan fingerprint density at radius 2 is 1.86 bits per heavy atom. The normalized spacial score (nSPS) is 11.0. The molecule has 146 valence electrons. The fourth-order valence-electron chi connectivity index (χ4n) is 3.33. The van der Waals surface area contributed by atoms with E-state index in [0.29, 0.717) is 27.2 Å². The van der Waals surface area contributed by atoms with Gasteiger partial charge in [0.15, 0.2) is 0 Å². The Kier molecular flexibility index (Phi) is 5.03. The molecular weight excluding hydrogens is 382 g/mol. The molecule has 5 nitrogen and oxygen atoms in total. The van der Waals surface area contributed by atoms with Crippen LogP contribution in [0, 0.1) is 13.8 Å². The summed E-state index contributed by atoms with van der Waals surface area (Å²) in [5.74, 6) is -0.185. The zero-order valence-corrected chi connectivity index (χ0v) is 17.3. The van der Waals surface area contributed by atoms with Gasteiger partial charge in [0.1, 0.15) is 4.83 Å². The standard InChI is InChI=1S/C23H21N3O2S/c1-14-5-4-6-18(11-14)17-9-7-16(8-10-17)12-24-21(27)20-15(2)19-22(29-20)25-13-26(3)23(19)28/h4-11,13H,12H2,1-3H3,(H,24,27). The molecule has 0 aliphatic carbocycles. The molecule has 2 aromatic heterocycles. The van der Waals surface area contributed by atoms with Crippen molar-refractivity contribution in [3.05, 3.63) is 86.8 Å². The van der Waals surface area contributed by atoms with Gasteiger partial charge in [-0.2, -0.15) is 0 Å². The van der Waals surface area contributed by atoms with Gasteiger partial charge in [-0.05, 0) is 36.1 Å². The SMILES string of the molecule is Cc1cccc(-c2ccc(CNC(=O)c3sc4ncn(C)c(=O)c4c3C)cc2)c1. The van der Waals surface area contributed by atoms with E-state index in [-0.39, 0.29) is 11.5 Å². The van der Waals surface area contributed by atoms with Crippen LogP contribution < -0.4 is 10.9 Å². The number of benzene rings is 2. The van der Waals surface area contributed by atoms with Gasteiger partial charge in [-0.25, -0.2) is 4.98 Å². The van der Waals surface area contributed by atoms with E-state index < -0.39 is 0 Å². The number of amides is 1. The number of rotatable bonds is 4. The highest BCUT2D eigenvalue weighted by Crippen LogP contribution is 2.26. The first-order valence-corrected chi connectivity index (χ1v) is 10.1. The van der Waals surface area contributed by atoms with E-state index >= 15 is 0 Å². The molecule has 0 spiro atoms. The molecule has 0 unspecified atom stereocenters. The van der Waals surface area contributed by atoms with Crippen LogP contribution in [-0.2, 0) is 13.6 Å². The number of aromatic nitrogens is 2. The zero-order valence-electron chi connectivity index (χ0n) is 16.5. The van der Waals surface area contributed by atoms with Crippen LogP contribution in [0.2, 0.25) is 0 Å². The van der Waals surface area contributed by atoms with Crippen molar-refractivity contribution in [2.45, 2.75) is 20.4 Å². The Morgan fingerprint density at radius 1 is 1.10 bits per heavy atom. The molecule has 0 aliphatic heterocycles. The molecule has 0 atom stereocenters. The van der Waals surface area contributed by atoms with Crippen molar-refractivity contribution in [1.29, 1.82) is 0 Å². The second kappa shape index (κ2) is 7.64. The molecule has 6 heteroatoms. The minimum atomic E-state index is -0.185. The van der Waals surface area contributed by atoms with Gasteiger partial charge in [-0.3, -0.25) is 9.59 Å². The number of fused-ring (bicyclic) bond motifs is 1. The van der Waals surface area contributed by atoms with E-state index in [2.05, 4.69) is 47.6 Å². The van der Waals surface area contributed by atoms with Gasteiger partial charge in [0, 0.05) is 13.6 Å². The van der Waals surface area contributed by atoms with Crippen LogP contribution in [-0.4, -0.2) is 15.5 Å². The predicted molar refractivity (Wildman–Crippen MR) is 117 cm³/mol. The average molecular weight is 404 g/mol. The second-order valence-corrected chi connectivity index (χ2v) is 8.15. The van der Waals surface area contributed by atoms with Crippen LogP contribution in [0.15, 0.2) is 59.7 Å². The molecule has 29 heavy (non-hydrogen) atoms. The first kappa shape index (κ1) is 19.1. The number of aryl methyl sites for hydroxylation is 3. The maximum atomic E-state index is 12.7. The van der Waals surface area contributed by atoms with E-state index in [4.69, 9.17) is 0 Å². The number of thiophene rings is 1. The van der Waals surface area contributed by atoms with Gasteiger partial charge in [-0.1, -0.05) is 54.1 Å². The molecule has 0 radical (unpaired) electrons. The van der Waals surface area contributed by atoms with Crippen LogP contribution in [0.1, 0.15) is 26.4 Å². The van der Waals surface area contributed by atoms with E-state index in [1.807, 2.05) is 18.2 Å². The Labute approximate surface area is 172 Å². The number of carbonyl (C=O) groups excluding carboxylic acids is 1. The molecule has 0 aliphatic rings. The Morgan fingerprint density at radius 3 is 2.59 bits per heavy atom. The van der Waals surface area contributed by atoms with Crippen LogP contribution in [0.3, 0.4) is 0 Å². The lowest BCUT2D eigenvalue weighted by Crippen LogP contribution is -2.22. The summed E-state index contributed by atoms with van der Waals surface area (Å²) in [6.07, 6.45) is 1.48. The van der Waals surface area contributed by atoms with Gasteiger partial charge in [-0.15, -0.1) is 11.3 Å². The maximum absolute atomic E-state index is 12.7. The highest BCUT2D eigenvalue weighted by Gasteiger charge is 2.18. The van der Waals surface area contributed by atoms with Crippen molar-refractivity contribution in [2.24, 2.45) is 7.05 Å². The predicted octanol–water partition coefficient (Wildman–Crippen LogP) is 4.21. The summed E-state index contributed by atoms with van der Waals surface area (Å²) in [6.45, 7) is 4.30. The summed E-state index contributed by atoms with van der Waals surface area (Å²) in [5.41, 5.74) is 5.12. The van der Waals surface area contributed by atoms with Gasteiger partial charge < -0.3 is 9.88 Å². The quantitative estimate of drug-likeness (QED) is 0.555. The summed E-state index contributed by atoms with van der Waals surface area (Å²) >= 11 is 1.25. The Balaban J connectivity index is 1.50. The summed E-state index contributed by atoms with van der Waals surface area (Å²) in [6, 6.07) is 16.5. The third-order valence-electron chi connectivity index (χ3n) is 4.98. The smallest absolute Gasteiger partial charge is 0.262 e.